The second-order valence-electron chi connectivity index (χ2n) is 5.15. The number of rotatable bonds is 2. The molecule has 0 radical (unpaired) electrons. The highest BCUT2D eigenvalue weighted by Crippen LogP contribution is 2.43. The molecule has 0 amide bonds. The van der Waals surface area contributed by atoms with E-state index in [2.05, 4.69) is 0 Å². The van der Waals surface area contributed by atoms with Crippen LogP contribution in [0.25, 0.3) is 0 Å². The molecule has 1 atom stereocenters. The van der Waals surface area contributed by atoms with Gasteiger partial charge in [0.1, 0.15) is 0 Å². The Kier molecular flexibility index (Phi) is 4.02. The fraction of sp³-hybridized carbons (Fsp3) is 0.692. The van der Waals surface area contributed by atoms with Gasteiger partial charge in [-0.3, -0.25) is 0 Å². The van der Waals surface area contributed by atoms with Crippen LogP contribution in [-0.2, 0) is 0 Å². The number of halogens is 3. The molecule has 1 heterocycles. The first-order chi connectivity index (χ1) is 8.39. The summed E-state index contributed by atoms with van der Waals surface area (Å²) >= 11 is 1.61. The summed E-state index contributed by atoms with van der Waals surface area (Å²) in [5, 5.41) is 1.99. The number of hydrogen-bond donors (Lipinski definition) is 1. The Bertz CT molecular complexity index is 391. The topological polar surface area (TPSA) is 26.0 Å². The molecule has 1 aliphatic carbocycles. The minimum absolute atomic E-state index is 0.0980. The first kappa shape index (κ1) is 13.9. The van der Waals surface area contributed by atoms with E-state index < -0.39 is 12.1 Å². The van der Waals surface area contributed by atoms with E-state index in [9.17, 15) is 13.2 Å². The highest BCUT2D eigenvalue weighted by Gasteiger charge is 2.42. The fourth-order valence-corrected chi connectivity index (χ4v) is 3.77. The Hall–Kier alpha value is -0.550. The van der Waals surface area contributed by atoms with Gasteiger partial charge in [-0.05, 0) is 55.5 Å². The molecule has 0 aliphatic heterocycles. The van der Waals surface area contributed by atoms with Crippen LogP contribution in [0.1, 0.15) is 42.2 Å². The van der Waals surface area contributed by atoms with Gasteiger partial charge in [0.25, 0.3) is 0 Å². The van der Waals surface area contributed by atoms with E-state index in [1.54, 1.807) is 11.3 Å². The third kappa shape index (κ3) is 2.88. The van der Waals surface area contributed by atoms with Crippen LogP contribution in [0.2, 0.25) is 0 Å². The van der Waals surface area contributed by atoms with E-state index in [0.717, 1.165) is 10.4 Å². The van der Waals surface area contributed by atoms with Crippen molar-refractivity contribution in [2.24, 2.45) is 17.6 Å². The molecule has 1 aromatic heterocycles. The van der Waals surface area contributed by atoms with E-state index in [1.165, 1.54) is 0 Å². The molecule has 0 spiro atoms. The molecule has 1 unspecified atom stereocenters. The zero-order valence-electron chi connectivity index (χ0n) is 10.3. The van der Waals surface area contributed by atoms with Crippen LogP contribution in [-0.4, -0.2) is 6.18 Å². The predicted molar refractivity (Wildman–Crippen MR) is 67.5 cm³/mol. The Morgan fingerprint density at radius 2 is 1.89 bits per heavy atom. The van der Waals surface area contributed by atoms with Crippen molar-refractivity contribution in [3.05, 3.63) is 21.9 Å². The summed E-state index contributed by atoms with van der Waals surface area (Å²) in [6.45, 7) is 2.01. The summed E-state index contributed by atoms with van der Waals surface area (Å²) in [5.74, 6) is -0.925. The maximum atomic E-state index is 12.6. The number of hydrogen-bond acceptors (Lipinski definition) is 2. The van der Waals surface area contributed by atoms with Gasteiger partial charge >= 0.3 is 6.18 Å². The quantitative estimate of drug-likeness (QED) is 0.850. The lowest BCUT2D eigenvalue weighted by molar-refractivity contribution is -0.184. The molecule has 1 saturated carbocycles. The SMILES string of the molecule is Cc1ccsc1C(N)C1CCC(C(F)(F)F)CC1. The molecule has 1 nitrogen and oxygen atoms in total. The van der Waals surface area contributed by atoms with Gasteiger partial charge in [0.15, 0.2) is 0 Å². The number of thiophene rings is 1. The maximum Gasteiger partial charge on any atom is 0.391 e. The summed E-state index contributed by atoms with van der Waals surface area (Å²) in [4.78, 5) is 1.13. The van der Waals surface area contributed by atoms with Crippen molar-refractivity contribution in [3.63, 3.8) is 0 Å². The van der Waals surface area contributed by atoms with Gasteiger partial charge in [0.05, 0.1) is 5.92 Å². The molecule has 2 rings (SSSR count). The van der Waals surface area contributed by atoms with Gasteiger partial charge in [0, 0.05) is 10.9 Å². The Labute approximate surface area is 109 Å². The van der Waals surface area contributed by atoms with Crippen molar-refractivity contribution in [3.8, 4) is 0 Å². The second kappa shape index (κ2) is 5.21. The van der Waals surface area contributed by atoms with Gasteiger partial charge in [-0.25, -0.2) is 0 Å². The third-order valence-corrected chi connectivity index (χ3v) is 5.07. The van der Waals surface area contributed by atoms with Crippen molar-refractivity contribution < 1.29 is 13.2 Å². The van der Waals surface area contributed by atoms with Crippen molar-refractivity contribution in [2.75, 3.05) is 0 Å². The standard InChI is InChI=1S/C13H18F3NS/c1-8-6-7-18-12(8)11(17)9-2-4-10(5-3-9)13(14,15)16/h6-7,9-11H,2-5,17H2,1H3. The van der Waals surface area contributed by atoms with E-state index in [0.29, 0.717) is 12.8 Å². The van der Waals surface area contributed by atoms with E-state index >= 15 is 0 Å². The number of alkyl halides is 3. The third-order valence-electron chi connectivity index (χ3n) is 3.95. The maximum absolute atomic E-state index is 12.6. The van der Waals surface area contributed by atoms with Crippen molar-refractivity contribution in [1.29, 1.82) is 0 Å². The fourth-order valence-electron chi connectivity index (χ4n) is 2.75. The van der Waals surface area contributed by atoms with Crippen LogP contribution in [0.5, 0.6) is 0 Å². The smallest absolute Gasteiger partial charge is 0.323 e. The summed E-state index contributed by atoms with van der Waals surface area (Å²) < 4.78 is 37.7. The normalized spacial score (nSPS) is 27.2. The van der Waals surface area contributed by atoms with Crippen molar-refractivity contribution in [1.82, 2.24) is 0 Å². The van der Waals surface area contributed by atoms with E-state index in [-0.39, 0.29) is 24.8 Å². The first-order valence-corrected chi connectivity index (χ1v) is 7.14. The minimum atomic E-state index is -4.03. The molecule has 1 aliphatic rings. The molecule has 0 aromatic carbocycles. The van der Waals surface area contributed by atoms with Crippen molar-refractivity contribution in [2.45, 2.75) is 44.8 Å². The summed E-state index contributed by atoms with van der Waals surface area (Å²) in [5.41, 5.74) is 7.36. The van der Waals surface area contributed by atoms with E-state index in [4.69, 9.17) is 5.73 Å². The molecule has 1 aromatic rings. The minimum Gasteiger partial charge on any atom is -0.323 e. The highest BCUT2D eigenvalue weighted by atomic mass is 32.1. The lowest BCUT2D eigenvalue weighted by Crippen LogP contribution is -2.31. The zero-order chi connectivity index (χ0) is 13.3. The Morgan fingerprint density at radius 3 is 2.33 bits per heavy atom. The monoisotopic (exact) mass is 277 g/mol. The lowest BCUT2D eigenvalue weighted by Gasteiger charge is -2.33. The average molecular weight is 277 g/mol. The van der Waals surface area contributed by atoms with Gasteiger partial charge in [-0.1, -0.05) is 0 Å². The molecule has 0 bridgehead atoms. The molecule has 0 saturated heterocycles. The van der Waals surface area contributed by atoms with Gasteiger partial charge in [0.2, 0.25) is 0 Å². The molecular formula is C13H18F3NS. The Morgan fingerprint density at radius 1 is 1.28 bits per heavy atom. The second-order valence-corrected chi connectivity index (χ2v) is 6.09. The lowest BCUT2D eigenvalue weighted by atomic mass is 9.78. The van der Waals surface area contributed by atoms with Crippen LogP contribution < -0.4 is 5.73 Å². The zero-order valence-corrected chi connectivity index (χ0v) is 11.2. The van der Waals surface area contributed by atoms with Crippen LogP contribution in [0.3, 0.4) is 0 Å². The Balaban J connectivity index is 1.96. The summed E-state index contributed by atoms with van der Waals surface area (Å²) in [6.07, 6.45) is -2.40. The van der Waals surface area contributed by atoms with Crippen molar-refractivity contribution >= 4 is 11.3 Å². The average Bonchev–Trinajstić information content (AvgIpc) is 2.73. The summed E-state index contributed by atoms with van der Waals surface area (Å²) in [6, 6.07) is 1.92. The molecule has 102 valence electrons. The van der Waals surface area contributed by atoms with E-state index in [1.807, 2.05) is 18.4 Å². The molecule has 1 fully saturated rings. The van der Waals surface area contributed by atoms with Crippen LogP contribution >= 0.6 is 11.3 Å². The van der Waals surface area contributed by atoms with Crippen LogP contribution in [0, 0.1) is 18.8 Å². The predicted octanol–water partition coefficient (Wildman–Crippen LogP) is 4.43. The molecular weight excluding hydrogens is 259 g/mol. The van der Waals surface area contributed by atoms with Gasteiger partial charge < -0.3 is 5.73 Å². The van der Waals surface area contributed by atoms with Crippen LogP contribution in [0.4, 0.5) is 13.2 Å². The van der Waals surface area contributed by atoms with Gasteiger partial charge in [-0.15, -0.1) is 11.3 Å². The number of aryl methyl sites for hydroxylation is 1. The first-order valence-electron chi connectivity index (χ1n) is 6.26. The molecule has 5 heteroatoms. The highest BCUT2D eigenvalue weighted by molar-refractivity contribution is 7.10. The summed E-state index contributed by atoms with van der Waals surface area (Å²) in [7, 11) is 0. The largest absolute Gasteiger partial charge is 0.391 e. The molecule has 2 N–H and O–H groups in total. The number of nitrogens with two attached hydrogens (primary N) is 1. The molecule has 18 heavy (non-hydrogen) atoms. The van der Waals surface area contributed by atoms with Crippen LogP contribution in [0.15, 0.2) is 11.4 Å². The van der Waals surface area contributed by atoms with Gasteiger partial charge in [-0.2, -0.15) is 13.2 Å².